The number of carboxylic acid groups (broad SMARTS) is 1. The maximum atomic E-state index is 10.8. The second-order valence-corrected chi connectivity index (χ2v) is 4.14. The minimum absolute atomic E-state index is 0.266. The molecule has 0 amide bonds. The topological polar surface area (TPSA) is 53.4 Å². The number of pyridine rings is 1. The normalized spacial score (nSPS) is 16.9. The van der Waals surface area contributed by atoms with Gasteiger partial charge in [0.2, 0.25) is 0 Å². The van der Waals surface area contributed by atoms with Crippen LogP contribution in [0.15, 0.2) is 18.5 Å². The monoisotopic (exact) mass is 220 g/mol. The third-order valence-corrected chi connectivity index (χ3v) is 2.94. The van der Waals surface area contributed by atoms with Gasteiger partial charge in [-0.15, -0.1) is 0 Å². The standard InChI is InChI=1S/C12H16N2O2/c15-12(16)10-7-11(9-13-8-10)14-5-3-1-2-4-6-14/h7-9H,1-6H2,(H,15,16). The molecule has 16 heavy (non-hydrogen) atoms. The highest BCUT2D eigenvalue weighted by Crippen LogP contribution is 2.19. The molecule has 0 unspecified atom stereocenters. The molecule has 0 aliphatic carbocycles. The van der Waals surface area contributed by atoms with E-state index < -0.39 is 5.97 Å². The quantitative estimate of drug-likeness (QED) is 0.829. The molecule has 0 radical (unpaired) electrons. The average Bonchev–Trinajstić information content (AvgIpc) is 2.57. The number of aromatic nitrogens is 1. The number of rotatable bonds is 2. The molecule has 1 N–H and O–H groups in total. The van der Waals surface area contributed by atoms with Crippen LogP contribution in [0.25, 0.3) is 0 Å². The van der Waals surface area contributed by atoms with Crippen molar-refractivity contribution in [2.45, 2.75) is 25.7 Å². The summed E-state index contributed by atoms with van der Waals surface area (Å²) in [7, 11) is 0. The highest BCUT2D eigenvalue weighted by molar-refractivity contribution is 5.88. The molecule has 1 aromatic heterocycles. The molecular weight excluding hydrogens is 204 g/mol. The summed E-state index contributed by atoms with van der Waals surface area (Å²) in [5, 5.41) is 8.90. The van der Waals surface area contributed by atoms with E-state index in [0.717, 1.165) is 18.8 Å². The molecule has 86 valence electrons. The molecule has 0 saturated carbocycles. The van der Waals surface area contributed by atoms with Gasteiger partial charge in [0.1, 0.15) is 0 Å². The van der Waals surface area contributed by atoms with Crippen molar-refractivity contribution in [2.75, 3.05) is 18.0 Å². The summed E-state index contributed by atoms with van der Waals surface area (Å²) in [5.41, 5.74) is 1.20. The van der Waals surface area contributed by atoms with Crippen molar-refractivity contribution in [1.82, 2.24) is 4.98 Å². The van der Waals surface area contributed by atoms with Crippen molar-refractivity contribution in [3.63, 3.8) is 0 Å². The van der Waals surface area contributed by atoms with E-state index in [9.17, 15) is 4.79 Å². The van der Waals surface area contributed by atoms with Gasteiger partial charge in [0, 0.05) is 19.3 Å². The highest BCUT2D eigenvalue weighted by Gasteiger charge is 2.12. The molecule has 0 aromatic carbocycles. The molecule has 2 rings (SSSR count). The Morgan fingerprint density at radius 1 is 1.19 bits per heavy atom. The van der Waals surface area contributed by atoms with E-state index in [1.165, 1.54) is 31.9 Å². The second-order valence-electron chi connectivity index (χ2n) is 4.14. The molecule has 4 heteroatoms. The van der Waals surface area contributed by atoms with Gasteiger partial charge in [-0.05, 0) is 18.9 Å². The summed E-state index contributed by atoms with van der Waals surface area (Å²) in [4.78, 5) is 17.1. The van der Waals surface area contributed by atoms with E-state index >= 15 is 0 Å². The first-order chi connectivity index (χ1) is 7.77. The maximum Gasteiger partial charge on any atom is 0.337 e. The van der Waals surface area contributed by atoms with Crippen LogP contribution in [0, 0.1) is 0 Å². The summed E-state index contributed by atoms with van der Waals surface area (Å²) in [6.45, 7) is 2.01. The van der Waals surface area contributed by atoms with Crippen LogP contribution in [0.2, 0.25) is 0 Å². The fourth-order valence-corrected chi connectivity index (χ4v) is 2.05. The molecule has 1 aliphatic rings. The van der Waals surface area contributed by atoms with E-state index in [1.807, 2.05) is 0 Å². The smallest absolute Gasteiger partial charge is 0.337 e. The Kier molecular flexibility index (Phi) is 3.39. The van der Waals surface area contributed by atoms with Crippen LogP contribution in [0.3, 0.4) is 0 Å². The molecule has 0 bridgehead atoms. The lowest BCUT2D eigenvalue weighted by Gasteiger charge is -2.22. The van der Waals surface area contributed by atoms with Gasteiger partial charge in [-0.3, -0.25) is 4.98 Å². The van der Waals surface area contributed by atoms with E-state index in [0.29, 0.717) is 0 Å². The molecule has 2 heterocycles. The lowest BCUT2D eigenvalue weighted by molar-refractivity contribution is 0.0696. The lowest BCUT2D eigenvalue weighted by atomic mass is 10.2. The second kappa shape index (κ2) is 4.96. The number of anilines is 1. The Morgan fingerprint density at radius 2 is 1.88 bits per heavy atom. The third kappa shape index (κ3) is 2.51. The number of carboxylic acids is 1. The molecule has 4 nitrogen and oxygen atoms in total. The Bertz CT molecular complexity index is 371. The van der Waals surface area contributed by atoms with Crippen molar-refractivity contribution < 1.29 is 9.90 Å². The van der Waals surface area contributed by atoms with Crippen LogP contribution in [0.1, 0.15) is 36.0 Å². The Morgan fingerprint density at radius 3 is 2.50 bits per heavy atom. The van der Waals surface area contributed by atoms with E-state index in [4.69, 9.17) is 5.11 Å². The van der Waals surface area contributed by atoms with Crippen molar-refractivity contribution >= 4 is 11.7 Å². The van der Waals surface area contributed by atoms with Gasteiger partial charge in [0.05, 0.1) is 17.4 Å². The van der Waals surface area contributed by atoms with Crippen LogP contribution < -0.4 is 4.90 Å². The summed E-state index contributed by atoms with van der Waals surface area (Å²) in [6, 6.07) is 1.71. The summed E-state index contributed by atoms with van der Waals surface area (Å²) in [5.74, 6) is -0.913. The number of aromatic carboxylic acids is 1. The predicted molar refractivity (Wildman–Crippen MR) is 61.9 cm³/mol. The number of hydrogen-bond donors (Lipinski definition) is 1. The van der Waals surface area contributed by atoms with Crippen molar-refractivity contribution in [2.24, 2.45) is 0 Å². The first-order valence-corrected chi connectivity index (χ1v) is 5.70. The van der Waals surface area contributed by atoms with Gasteiger partial charge < -0.3 is 10.0 Å². The number of hydrogen-bond acceptors (Lipinski definition) is 3. The highest BCUT2D eigenvalue weighted by atomic mass is 16.4. The molecule has 1 aliphatic heterocycles. The summed E-state index contributed by atoms with van der Waals surface area (Å²) in [6.07, 6.45) is 8.03. The first-order valence-electron chi connectivity index (χ1n) is 5.70. The average molecular weight is 220 g/mol. The molecular formula is C12H16N2O2. The largest absolute Gasteiger partial charge is 0.478 e. The lowest BCUT2D eigenvalue weighted by Crippen LogP contribution is -2.24. The molecule has 1 aromatic rings. The fraction of sp³-hybridized carbons (Fsp3) is 0.500. The Balaban J connectivity index is 2.18. The van der Waals surface area contributed by atoms with Crippen LogP contribution in [-0.4, -0.2) is 29.1 Å². The van der Waals surface area contributed by atoms with Gasteiger partial charge in [0.15, 0.2) is 0 Å². The summed E-state index contributed by atoms with van der Waals surface area (Å²) >= 11 is 0. The van der Waals surface area contributed by atoms with Crippen LogP contribution in [-0.2, 0) is 0 Å². The summed E-state index contributed by atoms with van der Waals surface area (Å²) < 4.78 is 0. The molecule has 0 spiro atoms. The molecule has 1 saturated heterocycles. The SMILES string of the molecule is O=C(O)c1cncc(N2CCCCCC2)c1. The third-order valence-electron chi connectivity index (χ3n) is 2.94. The number of carbonyl (C=O) groups is 1. The van der Waals surface area contributed by atoms with Crippen molar-refractivity contribution in [1.29, 1.82) is 0 Å². The zero-order valence-electron chi connectivity index (χ0n) is 9.22. The fourth-order valence-electron chi connectivity index (χ4n) is 2.05. The Hall–Kier alpha value is -1.58. The zero-order chi connectivity index (χ0) is 11.4. The van der Waals surface area contributed by atoms with Crippen LogP contribution in [0.4, 0.5) is 5.69 Å². The minimum atomic E-state index is -0.913. The maximum absolute atomic E-state index is 10.8. The molecule has 0 atom stereocenters. The van der Waals surface area contributed by atoms with Gasteiger partial charge in [-0.1, -0.05) is 12.8 Å². The molecule has 1 fully saturated rings. The van der Waals surface area contributed by atoms with Crippen LogP contribution >= 0.6 is 0 Å². The van der Waals surface area contributed by atoms with Gasteiger partial charge in [0.25, 0.3) is 0 Å². The first kappa shape index (κ1) is 10.9. The minimum Gasteiger partial charge on any atom is -0.478 e. The van der Waals surface area contributed by atoms with E-state index in [-0.39, 0.29) is 5.56 Å². The van der Waals surface area contributed by atoms with E-state index in [1.54, 1.807) is 12.3 Å². The van der Waals surface area contributed by atoms with E-state index in [2.05, 4.69) is 9.88 Å². The van der Waals surface area contributed by atoms with Crippen molar-refractivity contribution in [3.05, 3.63) is 24.0 Å². The van der Waals surface area contributed by atoms with Gasteiger partial charge in [-0.25, -0.2) is 4.79 Å². The van der Waals surface area contributed by atoms with Crippen LogP contribution in [0.5, 0.6) is 0 Å². The number of nitrogens with zero attached hydrogens (tertiary/aromatic N) is 2. The Labute approximate surface area is 94.9 Å². The predicted octanol–water partition coefficient (Wildman–Crippen LogP) is 2.16. The van der Waals surface area contributed by atoms with Gasteiger partial charge >= 0.3 is 5.97 Å². The van der Waals surface area contributed by atoms with Crippen molar-refractivity contribution in [3.8, 4) is 0 Å². The van der Waals surface area contributed by atoms with Gasteiger partial charge in [-0.2, -0.15) is 0 Å². The zero-order valence-corrected chi connectivity index (χ0v) is 9.22.